The normalized spacial score (nSPS) is 11.9. The van der Waals surface area contributed by atoms with Crippen LogP contribution in [0, 0.1) is 0 Å². The molecule has 0 fully saturated rings. The van der Waals surface area contributed by atoms with Crippen LogP contribution in [0.2, 0.25) is 0 Å². The number of hydrogen-bond acceptors (Lipinski definition) is 1. The first kappa shape index (κ1) is 24.8. The number of fused-ring (bicyclic) bond motifs is 2. The SMILES string of the molecule is Brc1cccc(-c2cccc(-c3ccc4c(c3)-c3cccc5cccc(c35)N4c3ccc(-c4ccccc4)cc3)c2)c1. The van der Waals surface area contributed by atoms with Crippen LogP contribution in [-0.4, -0.2) is 0 Å². The molecule has 1 heterocycles. The minimum atomic E-state index is 1.09. The average molecular weight is 601 g/mol. The van der Waals surface area contributed by atoms with Gasteiger partial charge < -0.3 is 4.90 Å². The standard InChI is InChI=1S/C40H26BrN/c41-34-15-5-14-32(25-34)30-12-4-13-31(24-30)33-20-23-38-37(26-33)36-16-6-10-29-11-7-17-39(40(29)36)42(38)35-21-18-28(19-22-35)27-8-2-1-3-9-27/h1-26H. The van der Waals surface area contributed by atoms with Gasteiger partial charge in [-0.1, -0.05) is 125 Å². The van der Waals surface area contributed by atoms with Gasteiger partial charge in [0, 0.05) is 21.1 Å². The Labute approximate surface area is 254 Å². The van der Waals surface area contributed by atoms with Crippen molar-refractivity contribution in [2.75, 3.05) is 4.90 Å². The highest BCUT2D eigenvalue weighted by atomic mass is 79.9. The van der Waals surface area contributed by atoms with Gasteiger partial charge in [0.25, 0.3) is 0 Å². The molecule has 42 heavy (non-hydrogen) atoms. The fourth-order valence-electron chi connectivity index (χ4n) is 6.25. The Morgan fingerprint density at radius 1 is 0.381 bits per heavy atom. The predicted molar refractivity (Wildman–Crippen MR) is 182 cm³/mol. The maximum absolute atomic E-state index is 3.63. The summed E-state index contributed by atoms with van der Waals surface area (Å²) in [5, 5.41) is 2.54. The number of hydrogen-bond donors (Lipinski definition) is 0. The monoisotopic (exact) mass is 599 g/mol. The average Bonchev–Trinajstić information content (AvgIpc) is 3.06. The van der Waals surface area contributed by atoms with Crippen LogP contribution in [-0.2, 0) is 0 Å². The quantitative estimate of drug-likeness (QED) is 0.194. The van der Waals surface area contributed by atoms with Crippen LogP contribution in [0.5, 0.6) is 0 Å². The van der Waals surface area contributed by atoms with E-state index in [4.69, 9.17) is 0 Å². The zero-order chi connectivity index (χ0) is 28.0. The number of halogens is 1. The van der Waals surface area contributed by atoms with Gasteiger partial charge in [-0.25, -0.2) is 0 Å². The molecule has 0 aromatic heterocycles. The molecule has 0 saturated heterocycles. The minimum Gasteiger partial charge on any atom is -0.309 e. The maximum atomic E-state index is 3.63. The molecule has 7 aromatic carbocycles. The smallest absolute Gasteiger partial charge is 0.0546 e. The number of benzene rings is 7. The van der Waals surface area contributed by atoms with Crippen LogP contribution >= 0.6 is 15.9 Å². The molecule has 0 saturated carbocycles. The topological polar surface area (TPSA) is 3.24 Å². The minimum absolute atomic E-state index is 1.09. The van der Waals surface area contributed by atoms with Crippen molar-refractivity contribution >= 4 is 43.8 Å². The number of anilines is 3. The van der Waals surface area contributed by atoms with Gasteiger partial charge in [-0.2, -0.15) is 0 Å². The summed E-state index contributed by atoms with van der Waals surface area (Å²) in [6.07, 6.45) is 0. The van der Waals surface area contributed by atoms with Gasteiger partial charge in [0.05, 0.1) is 11.4 Å². The van der Waals surface area contributed by atoms with Crippen LogP contribution in [0.25, 0.3) is 55.3 Å². The molecule has 0 amide bonds. The highest BCUT2D eigenvalue weighted by molar-refractivity contribution is 9.10. The van der Waals surface area contributed by atoms with E-state index >= 15 is 0 Å². The van der Waals surface area contributed by atoms with Crippen molar-refractivity contribution in [3.05, 3.63) is 162 Å². The Balaban J connectivity index is 1.28. The molecular formula is C40H26BrN. The Morgan fingerprint density at radius 2 is 0.976 bits per heavy atom. The van der Waals surface area contributed by atoms with Crippen LogP contribution in [0.1, 0.15) is 0 Å². The first-order chi connectivity index (χ1) is 20.7. The van der Waals surface area contributed by atoms with Crippen molar-refractivity contribution in [3.63, 3.8) is 0 Å². The van der Waals surface area contributed by atoms with E-state index < -0.39 is 0 Å². The molecule has 0 N–H and O–H groups in total. The van der Waals surface area contributed by atoms with E-state index in [0.717, 1.165) is 10.2 Å². The van der Waals surface area contributed by atoms with Crippen molar-refractivity contribution in [3.8, 4) is 44.5 Å². The molecule has 0 spiro atoms. The van der Waals surface area contributed by atoms with Crippen LogP contribution in [0.15, 0.2) is 162 Å². The van der Waals surface area contributed by atoms with Gasteiger partial charge in [0.2, 0.25) is 0 Å². The number of rotatable bonds is 4. The molecule has 0 bridgehead atoms. The predicted octanol–water partition coefficient (Wildman–Crippen LogP) is 12.1. The molecule has 0 atom stereocenters. The second-order valence-electron chi connectivity index (χ2n) is 10.8. The summed E-state index contributed by atoms with van der Waals surface area (Å²) in [6, 6.07) is 57.0. The van der Waals surface area contributed by atoms with E-state index in [9.17, 15) is 0 Å². The highest BCUT2D eigenvalue weighted by Crippen LogP contribution is 2.51. The van der Waals surface area contributed by atoms with Gasteiger partial charge in [-0.3, -0.25) is 0 Å². The molecule has 0 radical (unpaired) electrons. The van der Waals surface area contributed by atoms with Gasteiger partial charge in [0.15, 0.2) is 0 Å². The van der Waals surface area contributed by atoms with E-state index in [1.54, 1.807) is 0 Å². The zero-order valence-corrected chi connectivity index (χ0v) is 24.4. The Kier molecular flexibility index (Phi) is 6.01. The summed E-state index contributed by atoms with van der Waals surface area (Å²) in [6.45, 7) is 0. The van der Waals surface area contributed by atoms with Gasteiger partial charge in [-0.05, 0) is 92.9 Å². The molecule has 2 heteroatoms. The lowest BCUT2D eigenvalue weighted by molar-refractivity contribution is 1.28. The lowest BCUT2D eigenvalue weighted by Crippen LogP contribution is -2.15. The first-order valence-electron chi connectivity index (χ1n) is 14.2. The van der Waals surface area contributed by atoms with Crippen LogP contribution in [0.4, 0.5) is 17.1 Å². The van der Waals surface area contributed by atoms with Crippen molar-refractivity contribution in [1.82, 2.24) is 0 Å². The van der Waals surface area contributed by atoms with E-state index in [2.05, 4.69) is 179 Å². The highest BCUT2D eigenvalue weighted by Gasteiger charge is 2.26. The zero-order valence-electron chi connectivity index (χ0n) is 22.8. The number of nitrogens with zero attached hydrogens (tertiary/aromatic N) is 1. The molecule has 0 aliphatic carbocycles. The molecule has 8 rings (SSSR count). The third-order valence-electron chi connectivity index (χ3n) is 8.24. The van der Waals surface area contributed by atoms with Gasteiger partial charge >= 0.3 is 0 Å². The molecule has 1 aliphatic rings. The van der Waals surface area contributed by atoms with E-state index in [1.807, 2.05) is 0 Å². The largest absolute Gasteiger partial charge is 0.309 e. The molecule has 198 valence electrons. The van der Waals surface area contributed by atoms with Crippen molar-refractivity contribution in [2.24, 2.45) is 0 Å². The molecule has 1 aliphatic heterocycles. The van der Waals surface area contributed by atoms with Crippen LogP contribution < -0.4 is 4.90 Å². The van der Waals surface area contributed by atoms with Gasteiger partial charge in [-0.15, -0.1) is 0 Å². The van der Waals surface area contributed by atoms with Crippen molar-refractivity contribution in [1.29, 1.82) is 0 Å². The maximum Gasteiger partial charge on any atom is 0.0546 e. The van der Waals surface area contributed by atoms with Gasteiger partial charge in [0.1, 0.15) is 0 Å². The summed E-state index contributed by atoms with van der Waals surface area (Å²) in [5.74, 6) is 0. The van der Waals surface area contributed by atoms with E-state index in [0.29, 0.717) is 0 Å². The Hall–Kier alpha value is -4.92. The Morgan fingerprint density at radius 3 is 1.74 bits per heavy atom. The second-order valence-corrected chi connectivity index (χ2v) is 11.7. The summed E-state index contributed by atoms with van der Waals surface area (Å²) >= 11 is 3.63. The Bertz CT molecular complexity index is 2090. The van der Waals surface area contributed by atoms with E-state index in [1.165, 1.54) is 66.7 Å². The summed E-state index contributed by atoms with van der Waals surface area (Å²) < 4.78 is 1.09. The second kappa shape index (κ2) is 10.2. The van der Waals surface area contributed by atoms with E-state index in [-0.39, 0.29) is 0 Å². The lowest BCUT2D eigenvalue weighted by Gasteiger charge is -2.34. The fraction of sp³-hybridized carbons (Fsp3) is 0. The summed E-state index contributed by atoms with van der Waals surface area (Å²) in [5.41, 5.74) is 13.4. The van der Waals surface area contributed by atoms with Crippen molar-refractivity contribution in [2.45, 2.75) is 0 Å². The third-order valence-corrected chi connectivity index (χ3v) is 8.73. The molecule has 0 unspecified atom stereocenters. The van der Waals surface area contributed by atoms with Crippen molar-refractivity contribution < 1.29 is 0 Å². The first-order valence-corrected chi connectivity index (χ1v) is 15.0. The summed E-state index contributed by atoms with van der Waals surface area (Å²) in [4.78, 5) is 2.42. The lowest BCUT2D eigenvalue weighted by atomic mass is 9.88. The molecule has 7 aromatic rings. The fourth-order valence-corrected chi connectivity index (χ4v) is 6.65. The molecule has 1 nitrogen and oxygen atoms in total. The molecular weight excluding hydrogens is 574 g/mol. The third kappa shape index (κ3) is 4.24. The summed E-state index contributed by atoms with van der Waals surface area (Å²) in [7, 11) is 0. The van der Waals surface area contributed by atoms with Crippen LogP contribution in [0.3, 0.4) is 0 Å².